The molecule has 2 aromatic rings. The average Bonchev–Trinajstić information content (AvgIpc) is 2.29. The number of hydrogen-bond donors (Lipinski definition) is 0. The third-order valence-corrected chi connectivity index (χ3v) is 2.84. The molecule has 1 aromatic heterocycles. The zero-order valence-electron chi connectivity index (χ0n) is 10.1. The average molecular weight is 218 g/mol. The van der Waals surface area contributed by atoms with Gasteiger partial charge in [0.1, 0.15) is 7.05 Å². The van der Waals surface area contributed by atoms with Gasteiger partial charge in [-0.05, 0) is 17.5 Å². The predicted octanol–water partition coefficient (Wildman–Crippen LogP) is 1.99. The summed E-state index contributed by atoms with van der Waals surface area (Å²) in [4.78, 5) is 0. The lowest BCUT2D eigenvalue weighted by atomic mass is 10.1. The Kier molecular flexibility index (Phi) is 2.69. The van der Waals surface area contributed by atoms with Gasteiger partial charge in [0.2, 0.25) is 0 Å². The van der Waals surface area contributed by atoms with Crippen molar-refractivity contribution in [1.82, 2.24) is 0 Å². The first-order chi connectivity index (χ1) is 7.65. The fourth-order valence-corrected chi connectivity index (χ4v) is 1.78. The third kappa shape index (κ3) is 1.69. The summed E-state index contributed by atoms with van der Waals surface area (Å²) in [6.07, 6.45) is 2.09. The molecule has 0 amide bonds. The first-order valence-corrected chi connectivity index (χ1v) is 5.17. The van der Waals surface area contributed by atoms with E-state index >= 15 is 0 Å². The molecule has 0 spiro atoms. The Bertz CT molecular complexity index is 486. The summed E-state index contributed by atoms with van der Waals surface area (Å²) >= 11 is 0. The summed E-state index contributed by atoms with van der Waals surface area (Å²) in [6, 6.07) is 6.13. The molecule has 16 heavy (non-hydrogen) atoms. The van der Waals surface area contributed by atoms with E-state index in [4.69, 9.17) is 9.47 Å². The monoisotopic (exact) mass is 218 g/mol. The van der Waals surface area contributed by atoms with Crippen molar-refractivity contribution in [3.05, 3.63) is 30.1 Å². The summed E-state index contributed by atoms with van der Waals surface area (Å²) in [5.41, 5.74) is 1.21. The van der Waals surface area contributed by atoms with Crippen LogP contribution in [0.5, 0.6) is 11.5 Å². The number of aryl methyl sites for hydroxylation is 2. The highest BCUT2D eigenvalue weighted by atomic mass is 16.5. The molecule has 0 saturated carbocycles. The summed E-state index contributed by atoms with van der Waals surface area (Å²) in [7, 11) is 5.34. The Morgan fingerprint density at radius 2 is 1.50 bits per heavy atom. The van der Waals surface area contributed by atoms with Crippen LogP contribution in [-0.4, -0.2) is 14.2 Å². The molecule has 0 aliphatic rings. The molecule has 0 unspecified atom stereocenters. The second kappa shape index (κ2) is 4.00. The molecule has 1 aromatic carbocycles. The molecule has 0 aliphatic carbocycles. The van der Waals surface area contributed by atoms with Crippen LogP contribution in [-0.2, 0) is 7.05 Å². The lowest BCUT2D eigenvalue weighted by Crippen LogP contribution is -2.30. The fourth-order valence-electron chi connectivity index (χ4n) is 1.78. The number of pyridine rings is 1. The van der Waals surface area contributed by atoms with Gasteiger partial charge in [-0.2, -0.15) is 0 Å². The van der Waals surface area contributed by atoms with Gasteiger partial charge < -0.3 is 9.47 Å². The van der Waals surface area contributed by atoms with E-state index in [0.717, 1.165) is 22.3 Å². The van der Waals surface area contributed by atoms with Crippen LogP contribution in [0.15, 0.2) is 24.4 Å². The molecule has 2 rings (SSSR count). The van der Waals surface area contributed by atoms with Crippen LogP contribution >= 0.6 is 0 Å². The maximum absolute atomic E-state index is 5.28. The molecule has 84 valence electrons. The SMILES string of the molecule is COc1cc2cc(C)[n+](C)cc2cc1OC. The van der Waals surface area contributed by atoms with Gasteiger partial charge in [-0.15, -0.1) is 0 Å². The van der Waals surface area contributed by atoms with Crippen molar-refractivity contribution in [2.45, 2.75) is 6.92 Å². The van der Waals surface area contributed by atoms with Crippen molar-refractivity contribution in [2.24, 2.45) is 7.05 Å². The normalized spacial score (nSPS) is 10.5. The van der Waals surface area contributed by atoms with Crippen LogP contribution < -0.4 is 14.0 Å². The van der Waals surface area contributed by atoms with Crippen molar-refractivity contribution >= 4 is 10.8 Å². The van der Waals surface area contributed by atoms with Crippen molar-refractivity contribution in [2.75, 3.05) is 14.2 Å². The molecule has 0 aliphatic heterocycles. The molecular weight excluding hydrogens is 202 g/mol. The highest BCUT2D eigenvalue weighted by Crippen LogP contribution is 2.31. The van der Waals surface area contributed by atoms with E-state index in [1.54, 1.807) is 14.2 Å². The topological polar surface area (TPSA) is 22.3 Å². The Balaban J connectivity index is 2.73. The molecule has 0 fully saturated rings. The lowest BCUT2D eigenvalue weighted by Gasteiger charge is -2.08. The molecule has 3 nitrogen and oxygen atoms in total. The number of aromatic nitrogens is 1. The number of fused-ring (bicyclic) bond motifs is 1. The Hall–Kier alpha value is -1.77. The van der Waals surface area contributed by atoms with Crippen molar-refractivity contribution in [1.29, 1.82) is 0 Å². The highest BCUT2D eigenvalue weighted by molar-refractivity contribution is 5.85. The second-order valence-corrected chi connectivity index (χ2v) is 3.86. The number of hydrogen-bond acceptors (Lipinski definition) is 2. The van der Waals surface area contributed by atoms with E-state index in [-0.39, 0.29) is 0 Å². The molecule has 0 N–H and O–H groups in total. The van der Waals surface area contributed by atoms with Gasteiger partial charge in [-0.25, -0.2) is 4.57 Å². The molecule has 3 heteroatoms. The second-order valence-electron chi connectivity index (χ2n) is 3.86. The first kappa shape index (κ1) is 10.7. The van der Waals surface area contributed by atoms with Crippen LogP contribution in [0.2, 0.25) is 0 Å². The molecule has 0 radical (unpaired) electrons. The standard InChI is InChI=1S/C13H16NO2/c1-9-5-10-6-12(15-3)13(16-4)7-11(10)8-14(9)2/h5-8H,1-4H3/q+1. The third-order valence-electron chi connectivity index (χ3n) is 2.84. The van der Waals surface area contributed by atoms with E-state index in [1.165, 1.54) is 5.69 Å². The largest absolute Gasteiger partial charge is 0.493 e. The molecule has 0 bridgehead atoms. The van der Waals surface area contributed by atoms with E-state index in [0.29, 0.717) is 0 Å². The first-order valence-electron chi connectivity index (χ1n) is 5.17. The summed E-state index contributed by atoms with van der Waals surface area (Å²) in [5, 5.41) is 2.30. The Morgan fingerprint density at radius 3 is 2.06 bits per heavy atom. The minimum Gasteiger partial charge on any atom is -0.493 e. The van der Waals surface area contributed by atoms with Crippen LogP contribution in [0, 0.1) is 6.92 Å². The van der Waals surface area contributed by atoms with Crippen molar-refractivity contribution in [3.8, 4) is 11.5 Å². The van der Waals surface area contributed by atoms with Gasteiger partial charge >= 0.3 is 0 Å². The highest BCUT2D eigenvalue weighted by Gasteiger charge is 2.10. The zero-order valence-corrected chi connectivity index (χ0v) is 10.1. The zero-order chi connectivity index (χ0) is 11.7. The molecule has 1 heterocycles. The number of ether oxygens (including phenoxy) is 2. The quantitative estimate of drug-likeness (QED) is 0.719. The Labute approximate surface area is 95.2 Å². The maximum Gasteiger partial charge on any atom is 0.178 e. The lowest BCUT2D eigenvalue weighted by molar-refractivity contribution is -0.676. The summed E-state index contributed by atoms with van der Waals surface area (Å²) < 4.78 is 12.7. The van der Waals surface area contributed by atoms with Gasteiger partial charge in [0, 0.05) is 18.4 Å². The van der Waals surface area contributed by atoms with Crippen molar-refractivity contribution < 1.29 is 14.0 Å². The maximum atomic E-state index is 5.28. The number of nitrogens with zero attached hydrogens (tertiary/aromatic N) is 1. The molecule has 0 atom stereocenters. The van der Waals surface area contributed by atoms with Crippen LogP contribution in [0.4, 0.5) is 0 Å². The van der Waals surface area contributed by atoms with E-state index < -0.39 is 0 Å². The van der Waals surface area contributed by atoms with Gasteiger partial charge in [0.15, 0.2) is 23.4 Å². The minimum absolute atomic E-state index is 0.763. The fraction of sp³-hybridized carbons (Fsp3) is 0.308. The van der Waals surface area contributed by atoms with Gasteiger partial charge in [-0.3, -0.25) is 0 Å². The number of benzene rings is 1. The Morgan fingerprint density at radius 1 is 0.938 bits per heavy atom. The molecular formula is C13H16NO2+. The van der Waals surface area contributed by atoms with Crippen LogP contribution in [0.1, 0.15) is 5.69 Å². The van der Waals surface area contributed by atoms with E-state index in [2.05, 4.69) is 23.8 Å². The smallest absolute Gasteiger partial charge is 0.178 e. The predicted molar refractivity (Wildman–Crippen MR) is 63.0 cm³/mol. The summed E-state index contributed by atoms with van der Waals surface area (Å²) in [5.74, 6) is 1.53. The van der Waals surface area contributed by atoms with Gasteiger partial charge in [0.25, 0.3) is 0 Å². The summed E-state index contributed by atoms with van der Waals surface area (Å²) in [6.45, 7) is 2.08. The minimum atomic E-state index is 0.763. The van der Waals surface area contributed by atoms with Gasteiger partial charge in [0.05, 0.1) is 14.2 Å². The number of methoxy groups -OCH3 is 2. The molecule has 0 saturated heterocycles. The van der Waals surface area contributed by atoms with Crippen molar-refractivity contribution in [3.63, 3.8) is 0 Å². The van der Waals surface area contributed by atoms with Crippen LogP contribution in [0.25, 0.3) is 10.8 Å². The van der Waals surface area contributed by atoms with E-state index in [9.17, 15) is 0 Å². The van der Waals surface area contributed by atoms with Gasteiger partial charge in [-0.1, -0.05) is 0 Å². The van der Waals surface area contributed by atoms with Crippen LogP contribution in [0.3, 0.4) is 0 Å². The number of rotatable bonds is 2. The van der Waals surface area contributed by atoms with E-state index in [1.807, 2.05) is 19.2 Å².